The van der Waals surface area contributed by atoms with E-state index < -0.39 is 5.54 Å². The number of hydrogen-bond acceptors (Lipinski definition) is 4. The van der Waals surface area contributed by atoms with Crippen molar-refractivity contribution in [2.24, 2.45) is 0 Å². The fraction of sp³-hybridized carbons (Fsp3) is 0.458. The van der Waals surface area contributed by atoms with Gasteiger partial charge in [-0.2, -0.15) is 0 Å². The maximum absolute atomic E-state index is 13.2. The van der Waals surface area contributed by atoms with Crippen molar-refractivity contribution in [3.63, 3.8) is 0 Å². The standard InChI is InChI=1S/C24H30Cl2N2O3/c1-17(2)31-20-6-4-5-18(13-20)14-23(30)28-11-10-27(3)24(16-28,9-12-29)19-7-8-21(25)22(26)15-19/h4-8,13,15,17,29H,9-12,14,16H2,1-3H3. The van der Waals surface area contributed by atoms with Gasteiger partial charge in [0.25, 0.3) is 0 Å². The van der Waals surface area contributed by atoms with Crippen LogP contribution in [0.2, 0.25) is 10.0 Å². The topological polar surface area (TPSA) is 53.0 Å². The predicted molar refractivity (Wildman–Crippen MR) is 125 cm³/mol. The molecule has 7 heteroatoms. The van der Waals surface area contributed by atoms with Gasteiger partial charge in [-0.25, -0.2) is 0 Å². The van der Waals surface area contributed by atoms with E-state index in [9.17, 15) is 9.90 Å². The summed E-state index contributed by atoms with van der Waals surface area (Å²) in [5, 5.41) is 10.8. The molecule has 1 fully saturated rings. The van der Waals surface area contributed by atoms with Gasteiger partial charge in [-0.1, -0.05) is 41.4 Å². The average Bonchev–Trinajstić information content (AvgIpc) is 2.71. The molecule has 2 aromatic carbocycles. The summed E-state index contributed by atoms with van der Waals surface area (Å²) in [6.45, 7) is 5.76. The fourth-order valence-corrected chi connectivity index (χ4v) is 4.50. The molecule has 3 rings (SSSR count). The summed E-state index contributed by atoms with van der Waals surface area (Å²) in [6, 6.07) is 13.2. The van der Waals surface area contributed by atoms with Crippen LogP contribution in [-0.4, -0.2) is 60.2 Å². The zero-order valence-corrected chi connectivity index (χ0v) is 19.8. The first-order chi connectivity index (χ1) is 14.7. The quantitative estimate of drug-likeness (QED) is 0.660. The smallest absolute Gasteiger partial charge is 0.227 e. The number of carbonyl (C=O) groups excluding carboxylic acids is 1. The number of ether oxygens (including phenoxy) is 1. The highest BCUT2D eigenvalue weighted by molar-refractivity contribution is 6.42. The van der Waals surface area contributed by atoms with Crippen LogP contribution in [-0.2, 0) is 16.8 Å². The number of halogens is 2. The lowest BCUT2D eigenvalue weighted by atomic mass is 9.83. The fourth-order valence-electron chi connectivity index (χ4n) is 4.20. The lowest BCUT2D eigenvalue weighted by molar-refractivity contribution is -0.136. The number of piperazine rings is 1. The lowest BCUT2D eigenvalue weighted by Gasteiger charge is -2.50. The van der Waals surface area contributed by atoms with E-state index >= 15 is 0 Å². The van der Waals surface area contributed by atoms with Gasteiger partial charge in [0.2, 0.25) is 5.91 Å². The third-order valence-electron chi connectivity index (χ3n) is 5.85. The SMILES string of the molecule is CC(C)Oc1cccc(CC(=O)N2CCN(C)C(CCO)(c3ccc(Cl)c(Cl)c3)C2)c1. The Morgan fingerprint density at radius 2 is 1.94 bits per heavy atom. The number of aliphatic hydroxyl groups is 1. The molecule has 1 amide bonds. The second-order valence-electron chi connectivity index (χ2n) is 8.36. The number of nitrogens with zero attached hydrogens (tertiary/aromatic N) is 2. The van der Waals surface area contributed by atoms with E-state index in [1.807, 2.05) is 62.2 Å². The van der Waals surface area contributed by atoms with Crippen molar-refractivity contribution in [3.05, 3.63) is 63.6 Å². The van der Waals surface area contributed by atoms with Gasteiger partial charge >= 0.3 is 0 Å². The van der Waals surface area contributed by atoms with Gasteiger partial charge in [-0.05, 0) is 62.7 Å². The molecule has 1 saturated heterocycles. The predicted octanol–water partition coefficient (Wildman–Crippen LogP) is 4.38. The highest BCUT2D eigenvalue weighted by Gasteiger charge is 2.42. The summed E-state index contributed by atoms with van der Waals surface area (Å²) < 4.78 is 5.76. The molecule has 0 radical (unpaired) electrons. The van der Waals surface area contributed by atoms with Gasteiger partial charge < -0.3 is 14.7 Å². The molecule has 0 bridgehead atoms. The Morgan fingerprint density at radius 1 is 1.16 bits per heavy atom. The molecule has 0 spiro atoms. The van der Waals surface area contributed by atoms with E-state index in [1.54, 1.807) is 6.07 Å². The second-order valence-corrected chi connectivity index (χ2v) is 9.18. The number of likely N-dealkylation sites (N-methyl/N-ethyl adjacent to an activating group) is 1. The minimum Gasteiger partial charge on any atom is -0.491 e. The van der Waals surface area contributed by atoms with Crippen molar-refractivity contribution in [2.45, 2.75) is 38.3 Å². The maximum atomic E-state index is 13.2. The van der Waals surface area contributed by atoms with E-state index in [0.29, 0.717) is 42.5 Å². The van der Waals surface area contributed by atoms with Crippen LogP contribution in [0.3, 0.4) is 0 Å². The monoisotopic (exact) mass is 464 g/mol. The van der Waals surface area contributed by atoms with Crippen LogP contribution in [0.25, 0.3) is 0 Å². The van der Waals surface area contributed by atoms with Crippen molar-refractivity contribution in [3.8, 4) is 5.75 Å². The van der Waals surface area contributed by atoms with E-state index in [-0.39, 0.29) is 18.6 Å². The first-order valence-electron chi connectivity index (χ1n) is 10.6. The van der Waals surface area contributed by atoms with E-state index in [4.69, 9.17) is 27.9 Å². The molecule has 1 atom stereocenters. The highest BCUT2D eigenvalue weighted by atomic mass is 35.5. The molecular formula is C24H30Cl2N2O3. The van der Waals surface area contributed by atoms with Crippen molar-refractivity contribution in [2.75, 3.05) is 33.3 Å². The molecule has 1 aliphatic rings. The van der Waals surface area contributed by atoms with Crippen molar-refractivity contribution in [1.82, 2.24) is 9.80 Å². The highest BCUT2D eigenvalue weighted by Crippen LogP contribution is 2.37. The van der Waals surface area contributed by atoms with Crippen LogP contribution < -0.4 is 4.74 Å². The molecule has 0 aromatic heterocycles. The van der Waals surface area contributed by atoms with Gasteiger partial charge in [0, 0.05) is 26.2 Å². The summed E-state index contributed by atoms with van der Waals surface area (Å²) in [5.74, 6) is 0.821. The van der Waals surface area contributed by atoms with E-state index in [2.05, 4.69) is 4.90 Å². The van der Waals surface area contributed by atoms with Gasteiger partial charge in [-0.15, -0.1) is 0 Å². The van der Waals surface area contributed by atoms with Crippen LogP contribution >= 0.6 is 23.2 Å². The second kappa shape index (κ2) is 10.2. The molecule has 1 heterocycles. The zero-order valence-electron chi connectivity index (χ0n) is 18.3. The number of aliphatic hydroxyl groups excluding tert-OH is 1. The summed E-state index contributed by atoms with van der Waals surface area (Å²) in [7, 11) is 2.02. The van der Waals surface area contributed by atoms with E-state index in [0.717, 1.165) is 16.9 Å². The molecule has 1 aliphatic heterocycles. The first kappa shape index (κ1) is 23.9. The Kier molecular flexibility index (Phi) is 7.87. The number of amides is 1. The number of benzene rings is 2. The van der Waals surface area contributed by atoms with Crippen molar-refractivity contribution >= 4 is 29.1 Å². The van der Waals surface area contributed by atoms with Gasteiger partial charge in [0.1, 0.15) is 5.75 Å². The molecule has 0 aliphatic carbocycles. The van der Waals surface area contributed by atoms with Crippen LogP contribution in [0.5, 0.6) is 5.75 Å². The van der Waals surface area contributed by atoms with E-state index in [1.165, 1.54) is 0 Å². The molecule has 2 aromatic rings. The van der Waals surface area contributed by atoms with Crippen LogP contribution in [0.4, 0.5) is 0 Å². The largest absolute Gasteiger partial charge is 0.491 e. The van der Waals surface area contributed by atoms with Crippen molar-refractivity contribution in [1.29, 1.82) is 0 Å². The first-order valence-corrected chi connectivity index (χ1v) is 11.3. The van der Waals surface area contributed by atoms with Crippen LogP contribution in [0.1, 0.15) is 31.4 Å². The molecule has 1 N–H and O–H groups in total. The molecule has 31 heavy (non-hydrogen) atoms. The summed E-state index contributed by atoms with van der Waals surface area (Å²) in [6.07, 6.45) is 0.868. The van der Waals surface area contributed by atoms with Crippen LogP contribution in [0, 0.1) is 0 Å². The molecule has 1 unspecified atom stereocenters. The Balaban J connectivity index is 1.82. The Hall–Kier alpha value is -1.79. The summed E-state index contributed by atoms with van der Waals surface area (Å²) >= 11 is 12.4. The summed E-state index contributed by atoms with van der Waals surface area (Å²) in [5.41, 5.74) is 1.34. The minimum atomic E-state index is -0.528. The number of carbonyl (C=O) groups is 1. The van der Waals surface area contributed by atoms with Crippen molar-refractivity contribution < 1.29 is 14.6 Å². The lowest BCUT2D eigenvalue weighted by Crippen LogP contribution is -2.60. The average molecular weight is 465 g/mol. The third-order valence-corrected chi connectivity index (χ3v) is 6.59. The minimum absolute atomic E-state index is 0.00119. The van der Waals surface area contributed by atoms with Gasteiger partial charge in [-0.3, -0.25) is 9.69 Å². The number of hydrogen-bond donors (Lipinski definition) is 1. The van der Waals surface area contributed by atoms with Gasteiger partial charge in [0.15, 0.2) is 0 Å². The maximum Gasteiger partial charge on any atom is 0.227 e. The van der Waals surface area contributed by atoms with Gasteiger partial charge in [0.05, 0.1) is 28.1 Å². The summed E-state index contributed by atoms with van der Waals surface area (Å²) in [4.78, 5) is 17.3. The molecule has 5 nitrogen and oxygen atoms in total. The molecule has 168 valence electrons. The third kappa shape index (κ3) is 5.53. The Morgan fingerprint density at radius 3 is 2.61 bits per heavy atom. The Bertz CT molecular complexity index is 921. The Labute approximate surface area is 194 Å². The molecule has 0 saturated carbocycles. The molecular weight excluding hydrogens is 435 g/mol. The normalized spacial score (nSPS) is 19.6. The number of rotatable bonds is 7. The zero-order chi connectivity index (χ0) is 22.6. The van der Waals surface area contributed by atoms with Crippen LogP contribution in [0.15, 0.2) is 42.5 Å².